The van der Waals surface area contributed by atoms with Crippen molar-refractivity contribution in [2.24, 2.45) is 18.7 Å². The first kappa shape index (κ1) is 15.4. The fraction of sp³-hybridized carbons (Fsp3) is 0.700. The predicted molar refractivity (Wildman–Crippen MR) is 71.1 cm³/mol. The number of halogens is 1. The van der Waals surface area contributed by atoms with Crippen LogP contribution in [-0.4, -0.2) is 30.6 Å². The molecule has 0 bridgehead atoms. The largest absolute Gasteiger partial charge is 0.337 e. The number of hydrogen-bond donors (Lipinski definition) is 2. The van der Waals surface area contributed by atoms with Crippen LogP contribution >= 0.6 is 12.4 Å². The van der Waals surface area contributed by atoms with Crippen LogP contribution < -0.4 is 10.5 Å². The highest BCUT2D eigenvalue weighted by molar-refractivity contribution is 7.89. The second kappa shape index (κ2) is 5.56. The third-order valence-corrected chi connectivity index (χ3v) is 4.39. The molecule has 0 aromatic carbocycles. The molecule has 2 rings (SSSR count). The van der Waals surface area contributed by atoms with Gasteiger partial charge in [-0.3, -0.25) is 0 Å². The Bertz CT molecular complexity index is 490. The zero-order valence-corrected chi connectivity index (χ0v) is 12.1. The van der Waals surface area contributed by atoms with Crippen LogP contribution in [0.3, 0.4) is 0 Å². The lowest BCUT2D eigenvalue weighted by atomic mass is 10.2. The maximum atomic E-state index is 11.9. The molecule has 1 atom stereocenters. The molecule has 1 saturated carbocycles. The number of nitrogens with zero attached hydrogens (tertiary/aromatic N) is 2. The Balaban J connectivity index is 0.00000162. The zero-order valence-electron chi connectivity index (χ0n) is 10.5. The van der Waals surface area contributed by atoms with E-state index < -0.39 is 10.0 Å². The molecule has 6 nitrogen and oxygen atoms in total. The summed E-state index contributed by atoms with van der Waals surface area (Å²) in [5.41, 5.74) is 5.85. The van der Waals surface area contributed by atoms with Crippen molar-refractivity contribution in [1.29, 1.82) is 0 Å². The average molecular weight is 295 g/mol. The highest BCUT2D eigenvalue weighted by Gasteiger charge is 2.29. The standard InChI is InChI=1S/C10H18N4O2S.ClH/c1-7-13-10(6-14(7)2)17(15,16)12-5-9(11)8-3-4-8;/h6,8-9,12H,3-5,11H2,1-2H3;1H. The van der Waals surface area contributed by atoms with Gasteiger partial charge < -0.3 is 10.3 Å². The van der Waals surface area contributed by atoms with Gasteiger partial charge in [-0.05, 0) is 25.7 Å². The summed E-state index contributed by atoms with van der Waals surface area (Å²) in [4.78, 5) is 3.99. The summed E-state index contributed by atoms with van der Waals surface area (Å²) in [5.74, 6) is 1.14. The Kier molecular flexibility index (Phi) is 4.77. The van der Waals surface area contributed by atoms with Gasteiger partial charge in [0.2, 0.25) is 0 Å². The number of nitrogens with two attached hydrogens (primary N) is 1. The van der Waals surface area contributed by atoms with Crippen molar-refractivity contribution in [3.63, 3.8) is 0 Å². The van der Waals surface area contributed by atoms with E-state index in [1.165, 1.54) is 6.20 Å². The van der Waals surface area contributed by atoms with Gasteiger partial charge >= 0.3 is 0 Å². The second-order valence-corrected chi connectivity index (χ2v) is 6.30. The number of imidazole rings is 1. The Morgan fingerprint density at radius 3 is 2.67 bits per heavy atom. The Hall–Kier alpha value is -0.630. The molecular weight excluding hydrogens is 276 g/mol. The minimum Gasteiger partial charge on any atom is -0.337 e. The minimum atomic E-state index is -3.52. The monoisotopic (exact) mass is 294 g/mol. The Morgan fingerprint density at radius 2 is 2.22 bits per heavy atom. The molecule has 0 aliphatic heterocycles. The van der Waals surface area contributed by atoms with Gasteiger partial charge in [-0.1, -0.05) is 0 Å². The van der Waals surface area contributed by atoms with Crippen LogP contribution in [0.4, 0.5) is 0 Å². The highest BCUT2D eigenvalue weighted by atomic mass is 35.5. The van der Waals surface area contributed by atoms with E-state index in [4.69, 9.17) is 5.73 Å². The zero-order chi connectivity index (χ0) is 12.6. The van der Waals surface area contributed by atoms with Crippen LogP contribution in [0.25, 0.3) is 0 Å². The molecule has 1 unspecified atom stereocenters. The van der Waals surface area contributed by atoms with Crippen molar-refractivity contribution in [3.8, 4) is 0 Å². The molecule has 1 aliphatic carbocycles. The van der Waals surface area contributed by atoms with Crippen molar-refractivity contribution in [3.05, 3.63) is 12.0 Å². The lowest BCUT2D eigenvalue weighted by Gasteiger charge is -2.10. The Labute approximate surface area is 113 Å². The van der Waals surface area contributed by atoms with Gasteiger partial charge in [-0.25, -0.2) is 18.1 Å². The molecule has 18 heavy (non-hydrogen) atoms. The molecule has 0 radical (unpaired) electrons. The van der Waals surface area contributed by atoms with Crippen LogP contribution in [0, 0.1) is 12.8 Å². The van der Waals surface area contributed by atoms with Crippen LogP contribution in [-0.2, 0) is 17.1 Å². The van der Waals surface area contributed by atoms with Crippen molar-refractivity contribution in [2.75, 3.05) is 6.54 Å². The van der Waals surface area contributed by atoms with Gasteiger partial charge in [-0.15, -0.1) is 12.4 Å². The van der Waals surface area contributed by atoms with E-state index in [1.807, 2.05) is 0 Å². The van der Waals surface area contributed by atoms with E-state index in [0.717, 1.165) is 12.8 Å². The smallest absolute Gasteiger partial charge is 0.259 e. The highest BCUT2D eigenvalue weighted by Crippen LogP contribution is 2.31. The third-order valence-electron chi connectivity index (χ3n) is 3.10. The van der Waals surface area contributed by atoms with Gasteiger partial charge in [0.1, 0.15) is 5.82 Å². The summed E-state index contributed by atoms with van der Waals surface area (Å²) in [6, 6.07) is -0.0883. The lowest BCUT2D eigenvalue weighted by molar-refractivity contribution is 0.545. The topological polar surface area (TPSA) is 90.0 Å². The molecule has 1 aromatic rings. The molecule has 1 fully saturated rings. The number of sulfonamides is 1. The summed E-state index contributed by atoms with van der Waals surface area (Å²) >= 11 is 0. The van der Waals surface area contributed by atoms with Crippen molar-refractivity contribution in [2.45, 2.75) is 30.8 Å². The average Bonchev–Trinajstić information content (AvgIpc) is 3.04. The Morgan fingerprint density at radius 1 is 1.61 bits per heavy atom. The first-order chi connectivity index (χ1) is 7.90. The normalized spacial score (nSPS) is 17.3. The maximum Gasteiger partial charge on any atom is 0.259 e. The van der Waals surface area contributed by atoms with Crippen LogP contribution in [0.15, 0.2) is 11.2 Å². The summed E-state index contributed by atoms with van der Waals surface area (Å²) in [7, 11) is -1.76. The number of aromatic nitrogens is 2. The second-order valence-electron chi connectivity index (χ2n) is 4.59. The summed E-state index contributed by atoms with van der Waals surface area (Å²) in [6.45, 7) is 2.04. The van der Waals surface area contributed by atoms with E-state index >= 15 is 0 Å². The molecule has 3 N–H and O–H groups in total. The number of aryl methyl sites for hydroxylation is 2. The van der Waals surface area contributed by atoms with E-state index in [9.17, 15) is 8.42 Å². The van der Waals surface area contributed by atoms with E-state index in [0.29, 0.717) is 11.7 Å². The van der Waals surface area contributed by atoms with E-state index in [1.54, 1.807) is 18.5 Å². The molecule has 1 heterocycles. The predicted octanol–water partition coefficient (Wildman–Crippen LogP) is 0.166. The quantitative estimate of drug-likeness (QED) is 0.810. The minimum absolute atomic E-state index is 0. The van der Waals surface area contributed by atoms with E-state index in [-0.39, 0.29) is 30.0 Å². The first-order valence-electron chi connectivity index (χ1n) is 5.65. The van der Waals surface area contributed by atoms with Crippen LogP contribution in [0.1, 0.15) is 18.7 Å². The SMILES string of the molecule is Cc1nc(S(=O)(=O)NCC(N)C2CC2)cn1C.Cl. The number of hydrogen-bond acceptors (Lipinski definition) is 4. The maximum absolute atomic E-state index is 11.9. The molecule has 1 aromatic heterocycles. The van der Waals surface area contributed by atoms with Crippen LogP contribution in [0.2, 0.25) is 0 Å². The van der Waals surface area contributed by atoms with Crippen molar-refractivity contribution >= 4 is 22.4 Å². The van der Waals surface area contributed by atoms with Crippen molar-refractivity contribution < 1.29 is 8.42 Å². The number of nitrogens with one attached hydrogen (secondary N) is 1. The number of rotatable bonds is 5. The third kappa shape index (κ3) is 3.44. The molecule has 0 spiro atoms. The molecule has 0 saturated heterocycles. The van der Waals surface area contributed by atoms with Gasteiger partial charge in [-0.2, -0.15) is 0 Å². The fourth-order valence-corrected chi connectivity index (χ4v) is 2.74. The van der Waals surface area contributed by atoms with Crippen LogP contribution in [0.5, 0.6) is 0 Å². The molecule has 8 heteroatoms. The fourth-order valence-electron chi connectivity index (χ4n) is 1.63. The summed E-state index contributed by atoms with van der Waals surface area (Å²) < 4.78 is 28.0. The van der Waals surface area contributed by atoms with Gasteiger partial charge in [0.15, 0.2) is 5.03 Å². The summed E-state index contributed by atoms with van der Waals surface area (Å²) in [6.07, 6.45) is 3.71. The molecule has 0 amide bonds. The van der Waals surface area contributed by atoms with Gasteiger partial charge in [0.05, 0.1) is 0 Å². The molecule has 104 valence electrons. The van der Waals surface area contributed by atoms with Gasteiger partial charge in [0.25, 0.3) is 10.0 Å². The van der Waals surface area contributed by atoms with E-state index in [2.05, 4.69) is 9.71 Å². The molecular formula is C10H19ClN4O2S. The lowest BCUT2D eigenvalue weighted by Crippen LogP contribution is -2.38. The molecule has 1 aliphatic rings. The van der Waals surface area contributed by atoms with Crippen molar-refractivity contribution in [1.82, 2.24) is 14.3 Å². The van der Waals surface area contributed by atoms with Gasteiger partial charge in [0, 0.05) is 25.8 Å². The summed E-state index contributed by atoms with van der Waals surface area (Å²) in [5, 5.41) is 0.0560. The first-order valence-corrected chi connectivity index (χ1v) is 7.13.